The standard InChI is InChI=1S/C10H13N.C9H11N3S2.C2H2.CH2O/c1-2-4-9(5-3-1)10-6-7-11-8-10;1-5-8(14-6(2)11-5)7-4-13-9(10-3)12-7;2*1-2/h1-5,10-11H,6-8H2;4H,1-3H3,(H,10,12);1-2H;1H2/t10-;;;/m1.../s1. The summed E-state index contributed by atoms with van der Waals surface area (Å²) in [4.78, 5) is 18.0. The smallest absolute Gasteiger partial charge is 0.182 e. The van der Waals surface area contributed by atoms with Crippen LogP contribution in [0, 0.1) is 26.7 Å². The van der Waals surface area contributed by atoms with Crippen LogP contribution >= 0.6 is 22.7 Å². The molecule has 2 aromatic heterocycles. The zero-order valence-corrected chi connectivity index (χ0v) is 18.8. The quantitative estimate of drug-likeness (QED) is 0.589. The van der Waals surface area contributed by atoms with Gasteiger partial charge in [0.25, 0.3) is 0 Å². The first-order valence-electron chi connectivity index (χ1n) is 9.13. The van der Waals surface area contributed by atoms with E-state index >= 15 is 0 Å². The van der Waals surface area contributed by atoms with Crippen molar-refractivity contribution in [3.05, 3.63) is 52.0 Å². The predicted octanol–water partition coefficient (Wildman–Crippen LogP) is 4.75. The number of thiazole rings is 2. The van der Waals surface area contributed by atoms with Crippen LogP contribution in [0.4, 0.5) is 5.13 Å². The van der Waals surface area contributed by atoms with Crippen LogP contribution < -0.4 is 10.6 Å². The van der Waals surface area contributed by atoms with E-state index in [1.165, 1.54) is 23.4 Å². The number of terminal acetylenes is 1. The average Bonchev–Trinajstić information content (AvgIpc) is 3.53. The molecule has 0 bridgehead atoms. The molecule has 3 aromatic rings. The monoisotopic (exact) mass is 428 g/mol. The maximum absolute atomic E-state index is 8.00. The molecule has 0 amide bonds. The first-order chi connectivity index (χ1) is 14.2. The molecule has 0 radical (unpaired) electrons. The number of nitrogens with one attached hydrogen (secondary N) is 2. The lowest BCUT2D eigenvalue weighted by atomic mass is 9.99. The largest absolute Gasteiger partial charge is 0.365 e. The Morgan fingerprint density at radius 2 is 1.86 bits per heavy atom. The zero-order valence-electron chi connectivity index (χ0n) is 17.1. The van der Waals surface area contributed by atoms with E-state index in [1.807, 2.05) is 27.7 Å². The van der Waals surface area contributed by atoms with Crippen LogP contribution in [0.5, 0.6) is 0 Å². The lowest BCUT2D eigenvalue weighted by Gasteiger charge is -2.06. The Bertz CT molecular complexity index is 852. The summed E-state index contributed by atoms with van der Waals surface area (Å²) in [5, 5.41) is 10.5. The molecule has 1 aliphatic heterocycles. The summed E-state index contributed by atoms with van der Waals surface area (Å²) < 4.78 is 0. The molecular weight excluding hydrogens is 400 g/mol. The zero-order chi connectivity index (χ0) is 21.6. The van der Waals surface area contributed by atoms with E-state index < -0.39 is 0 Å². The van der Waals surface area contributed by atoms with Crippen LogP contribution in [0.2, 0.25) is 0 Å². The van der Waals surface area contributed by atoms with Crippen LogP contribution in [-0.4, -0.2) is 36.9 Å². The molecule has 154 valence electrons. The van der Waals surface area contributed by atoms with Gasteiger partial charge >= 0.3 is 0 Å². The fourth-order valence-electron chi connectivity index (χ4n) is 2.93. The molecule has 1 atom stereocenters. The van der Waals surface area contributed by atoms with Gasteiger partial charge in [-0.2, -0.15) is 0 Å². The highest BCUT2D eigenvalue weighted by Gasteiger charge is 2.15. The van der Waals surface area contributed by atoms with Gasteiger partial charge in [0.1, 0.15) is 6.79 Å². The summed E-state index contributed by atoms with van der Waals surface area (Å²) in [6, 6.07) is 10.8. The molecule has 7 heteroatoms. The van der Waals surface area contributed by atoms with Gasteiger partial charge in [0.15, 0.2) is 5.13 Å². The molecule has 2 N–H and O–H groups in total. The minimum absolute atomic E-state index is 0.760. The van der Waals surface area contributed by atoms with Gasteiger partial charge in [-0.15, -0.1) is 35.5 Å². The Balaban J connectivity index is 0.000000252. The first-order valence-corrected chi connectivity index (χ1v) is 10.8. The number of hydrogen-bond acceptors (Lipinski definition) is 7. The van der Waals surface area contributed by atoms with Crippen LogP contribution in [0.25, 0.3) is 10.6 Å². The summed E-state index contributed by atoms with van der Waals surface area (Å²) in [5.74, 6) is 0.760. The first kappa shape index (κ1) is 24.5. The third kappa shape index (κ3) is 7.42. The van der Waals surface area contributed by atoms with Crippen molar-refractivity contribution in [1.82, 2.24) is 15.3 Å². The van der Waals surface area contributed by atoms with Crippen LogP contribution in [0.15, 0.2) is 35.7 Å². The molecule has 0 spiro atoms. The molecule has 29 heavy (non-hydrogen) atoms. The van der Waals surface area contributed by atoms with Crippen LogP contribution in [-0.2, 0) is 4.79 Å². The maximum atomic E-state index is 8.00. The van der Waals surface area contributed by atoms with Gasteiger partial charge in [-0.25, -0.2) is 9.97 Å². The van der Waals surface area contributed by atoms with Crippen molar-refractivity contribution in [3.8, 4) is 23.4 Å². The van der Waals surface area contributed by atoms with E-state index in [1.54, 1.807) is 22.7 Å². The highest BCUT2D eigenvalue weighted by Crippen LogP contribution is 2.31. The molecule has 1 aliphatic rings. The second kappa shape index (κ2) is 13.6. The fraction of sp³-hybridized carbons (Fsp3) is 0.318. The van der Waals surface area contributed by atoms with E-state index in [0.717, 1.165) is 34.0 Å². The van der Waals surface area contributed by atoms with Crippen molar-refractivity contribution in [2.24, 2.45) is 0 Å². The molecule has 3 heterocycles. The highest BCUT2D eigenvalue weighted by molar-refractivity contribution is 7.16. The van der Waals surface area contributed by atoms with Gasteiger partial charge in [-0.1, -0.05) is 30.3 Å². The van der Waals surface area contributed by atoms with Crippen molar-refractivity contribution in [1.29, 1.82) is 0 Å². The molecule has 4 rings (SSSR count). The third-order valence-electron chi connectivity index (χ3n) is 4.19. The van der Waals surface area contributed by atoms with Crippen LogP contribution in [0.1, 0.15) is 28.6 Å². The molecule has 5 nitrogen and oxygen atoms in total. The van der Waals surface area contributed by atoms with Crippen LogP contribution in [0.3, 0.4) is 0 Å². The minimum Gasteiger partial charge on any atom is -0.365 e. The number of nitrogens with zero attached hydrogens (tertiary/aromatic N) is 2. The van der Waals surface area contributed by atoms with Crippen molar-refractivity contribution in [2.75, 3.05) is 25.5 Å². The topological polar surface area (TPSA) is 66.9 Å². The average molecular weight is 429 g/mol. The molecule has 0 saturated carbocycles. The minimum atomic E-state index is 0.760. The normalized spacial score (nSPS) is 14.3. The second-order valence-corrected chi connectivity index (χ2v) is 8.10. The van der Waals surface area contributed by atoms with Gasteiger partial charge in [0, 0.05) is 19.0 Å². The number of hydrogen-bond donors (Lipinski definition) is 2. The van der Waals surface area contributed by atoms with E-state index in [9.17, 15) is 0 Å². The number of aromatic nitrogens is 2. The number of anilines is 1. The van der Waals surface area contributed by atoms with Crippen molar-refractivity contribution in [2.45, 2.75) is 26.2 Å². The molecule has 1 aromatic carbocycles. The fourth-order valence-corrected chi connectivity index (χ4v) is 4.54. The maximum Gasteiger partial charge on any atom is 0.182 e. The van der Waals surface area contributed by atoms with Gasteiger partial charge < -0.3 is 15.4 Å². The number of carbonyl (C=O) groups excluding carboxylic acids is 1. The van der Waals surface area contributed by atoms with Gasteiger partial charge in [-0.3, -0.25) is 0 Å². The Morgan fingerprint density at radius 1 is 1.17 bits per heavy atom. The van der Waals surface area contributed by atoms with E-state index in [-0.39, 0.29) is 0 Å². The molecule has 0 aliphatic carbocycles. The summed E-state index contributed by atoms with van der Waals surface area (Å²) in [6.07, 6.45) is 9.30. The Kier molecular flexibility index (Phi) is 11.5. The Hall–Kier alpha value is -2.53. The molecule has 0 unspecified atom stereocenters. The van der Waals surface area contributed by atoms with Crippen molar-refractivity contribution < 1.29 is 4.79 Å². The van der Waals surface area contributed by atoms with Gasteiger partial charge in [0.05, 0.1) is 21.3 Å². The molecule has 1 fully saturated rings. The van der Waals surface area contributed by atoms with Gasteiger partial charge in [-0.05, 0) is 38.3 Å². The Morgan fingerprint density at radius 3 is 2.34 bits per heavy atom. The van der Waals surface area contributed by atoms with E-state index in [0.29, 0.717) is 0 Å². The summed E-state index contributed by atoms with van der Waals surface area (Å²) >= 11 is 3.32. The lowest BCUT2D eigenvalue weighted by Crippen LogP contribution is -2.07. The lowest BCUT2D eigenvalue weighted by molar-refractivity contribution is -0.0979. The summed E-state index contributed by atoms with van der Waals surface area (Å²) in [5.41, 5.74) is 3.58. The summed E-state index contributed by atoms with van der Waals surface area (Å²) in [7, 11) is 1.88. The number of rotatable bonds is 3. The van der Waals surface area contributed by atoms with E-state index in [4.69, 9.17) is 4.79 Å². The molecular formula is C22H28N4OS2. The van der Waals surface area contributed by atoms with Gasteiger partial charge in [0.2, 0.25) is 0 Å². The highest BCUT2D eigenvalue weighted by atomic mass is 32.1. The summed E-state index contributed by atoms with van der Waals surface area (Å²) in [6.45, 7) is 8.38. The predicted molar refractivity (Wildman–Crippen MR) is 126 cm³/mol. The Labute approximate surface area is 181 Å². The number of benzene rings is 1. The second-order valence-electron chi connectivity index (χ2n) is 6.04. The number of aryl methyl sites for hydroxylation is 2. The number of carbonyl (C=O) groups is 1. The SMILES string of the molecule is C#C.C=O.CNc1nc(-c2sc(C)nc2C)cs1.c1ccc([C@@H]2CCNC2)cc1. The third-order valence-corrected chi connectivity index (χ3v) is 6.14. The van der Waals surface area contributed by atoms with Crippen molar-refractivity contribution >= 4 is 34.6 Å². The van der Waals surface area contributed by atoms with E-state index in [2.05, 4.69) is 69.2 Å². The molecule has 1 saturated heterocycles. The van der Waals surface area contributed by atoms with Crippen molar-refractivity contribution in [3.63, 3.8) is 0 Å².